The van der Waals surface area contributed by atoms with Crippen LogP contribution in [-0.2, 0) is 0 Å². The van der Waals surface area contributed by atoms with Gasteiger partial charge in [0.25, 0.3) is 0 Å². The Hall–Kier alpha value is -1.01. The van der Waals surface area contributed by atoms with Crippen molar-refractivity contribution in [2.45, 2.75) is 0 Å². The van der Waals surface area contributed by atoms with E-state index in [1.54, 1.807) is 6.20 Å². The van der Waals surface area contributed by atoms with E-state index < -0.39 is 6.09 Å². The Kier molecular flexibility index (Phi) is 2.97. The Morgan fingerprint density at radius 2 is 2.13 bits per heavy atom. The molecule has 7 heteroatoms. The molecule has 1 aliphatic rings. The Balaban J connectivity index is 1.96. The van der Waals surface area contributed by atoms with Gasteiger partial charge in [0.05, 0.1) is 6.20 Å². The standard InChI is InChI=1S/C8H10ClN3O2S/c9-6-5-10-7(15-6)11-1-3-12(4-2-11)8(13)14/h5H,1-4H2,(H,13,14). The Morgan fingerprint density at radius 3 is 2.60 bits per heavy atom. The summed E-state index contributed by atoms with van der Waals surface area (Å²) in [6, 6.07) is 0. The topological polar surface area (TPSA) is 56.7 Å². The fourth-order valence-corrected chi connectivity index (χ4v) is 2.43. The highest BCUT2D eigenvalue weighted by molar-refractivity contribution is 7.19. The molecule has 1 amide bonds. The summed E-state index contributed by atoms with van der Waals surface area (Å²) in [6.07, 6.45) is 0.761. The van der Waals surface area contributed by atoms with E-state index in [2.05, 4.69) is 9.88 Å². The first-order chi connectivity index (χ1) is 7.16. The van der Waals surface area contributed by atoms with Crippen molar-refractivity contribution in [3.8, 4) is 0 Å². The molecule has 0 bridgehead atoms. The molecule has 0 aromatic carbocycles. The van der Waals surface area contributed by atoms with Crippen molar-refractivity contribution < 1.29 is 9.90 Å². The summed E-state index contributed by atoms with van der Waals surface area (Å²) in [5.74, 6) is 0. The predicted molar refractivity (Wildman–Crippen MR) is 58.9 cm³/mol. The van der Waals surface area contributed by atoms with Gasteiger partial charge in [0.1, 0.15) is 4.34 Å². The summed E-state index contributed by atoms with van der Waals surface area (Å²) in [7, 11) is 0. The molecule has 2 rings (SSSR count). The smallest absolute Gasteiger partial charge is 0.407 e. The van der Waals surface area contributed by atoms with Crippen LogP contribution in [0.1, 0.15) is 0 Å². The van der Waals surface area contributed by atoms with Gasteiger partial charge in [0, 0.05) is 26.2 Å². The fraction of sp³-hybridized carbons (Fsp3) is 0.500. The van der Waals surface area contributed by atoms with E-state index >= 15 is 0 Å². The van der Waals surface area contributed by atoms with E-state index in [1.807, 2.05) is 0 Å². The number of thiazole rings is 1. The van der Waals surface area contributed by atoms with E-state index in [9.17, 15) is 4.79 Å². The molecule has 0 radical (unpaired) electrons. The number of nitrogens with zero attached hydrogens (tertiary/aromatic N) is 3. The lowest BCUT2D eigenvalue weighted by Crippen LogP contribution is -2.48. The van der Waals surface area contributed by atoms with Crippen LogP contribution in [-0.4, -0.2) is 47.3 Å². The van der Waals surface area contributed by atoms with Crippen molar-refractivity contribution in [2.24, 2.45) is 0 Å². The van der Waals surface area contributed by atoms with Crippen molar-refractivity contribution in [3.63, 3.8) is 0 Å². The first-order valence-corrected chi connectivity index (χ1v) is 5.70. The van der Waals surface area contributed by atoms with Gasteiger partial charge >= 0.3 is 6.09 Å². The zero-order valence-corrected chi connectivity index (χ0v) is 9.46. The van der Waals surface area contributed by atoms with Crippen molar-refractivity contribution in [3.05, 3.63) is 10.5 Å². The van der Waals surface area contributed by atoms with E-state index in [0.717, 1.165) is 5.13 Å². The molecule has 2 heterocycles. The van der Waals surface area contributed by atoms with Gasteiger partial charge in [-0.3, -0.25) is 0 Å². The molecule has 1 fully saturated rings. The van der Waals surface area contributed by atoms with E-state index in [4.69, 9.17) is 16.7 Å². The molecular formula is C8H10ClN3O2S. The minimum atomic E-state index is -0.855. The second-order valence-corrected chi connectivity index (χ2v) is 4.84. The van der Waals surface area contributed by atoms with Crippen LogP contribution in [0.25, 0.3) is 0 Å². The van der Waals surface area contributed by atoms with Crippen molar-refractivity contribution in [1.82, 2.24) is 9.88 Å². The van der Waals surface area contributed by atoms with Gasteiger partial charge in [0.15, 0.2) is 5.13 Å². The molecule has 82 valence electrons. The monoisotopic (exact) mass is 247 g/mol. The van der Waals surface area contributed by atoms with Crippen LogP contribution in [0, 0.1) is 0 Å². The average molecular weight is 248 g/mol. The second-order valence-electron chi connectivity index (χ2n) is 3.20. The lowest BCUT2D eigenvalue weighted by atomic mass is 10.3. The van der Waals surface area contributed by atoms with Crippen molar-refractivity contribution >= 4 is 34.2 Å². The zero-order chi connectivity index (χ0) is 10.8. The normalized spacial score (nSPS) is 16.9. The summed E-state index contributed by atoms with van der Waals surface area (Å²) >= 11 is 7.20. The molecule has 0 saturated carbocycles. The maximum atomic E-state index is 10.7. The molecule has 0 atom stereocenters. The highest BCUT2D eigenvalue weighted by atomic mass is 35.5. The molecule has 1 N–H and O–H groups in total. The largest absolute Gasteiger partial charge is 0.465 e. The Labute approximate surface area is 95.9 Å². The minimum absolute atomic E-state index is 0.520. The summed E-state index contributed by atoms with van der Waals surface area (Å²) in [5.41, 5.74) is 0. The van der Waals surface area contributed by atoms with Gasteiger partial charge in [-0.1, -0.05) is 22.9 Å². The molecule has 0 spiro atoms. The van der Waals surface area contributed by atoms with E-state index in [0.29, 0.717) is 30.5 Å². The molecule has 1 aromatic rings. The Morgan fingerprint density at radius 1 is 1.47 bits per heavy atom. The first-order valence-electron chi connectivity index (χ1n) is 4.51. The SMILES string of the molecule is O=C(O)N1CCN(c2ncc(Cl)s2)CC1. The highest BCUT2D eigenvalue weighted by Gasteiger charge is 2.21. The van der Waals surface area contributed by atoms with E-state index in [-0.39, 0.29) is 0 Å². The molecule has 1 aromatic heterocycles. The van der Waals surface area contributed by atoms with Crippen LogP contribution < -0.4 is 4.90 Å². The summed E-state index contributed by atoms with van der Waals surface area (Å²) in [5, 5.41) is 9.64. The fourth-order valence-electron chi connectivity index (χ4n) is 1.48. The molecule has 1 saturated heterocycles. The van der Waals surface area contributed by atoms with Crippen LogP contribution in [0.5, 0.6) is 0 Å². The number of rotatable bonds is 1. The van der Waals surface area contributed by atoms with Gasteiger partial charge < -0.3 is 14.9 Å². The number of anilines is 1. The number of carbonyl (C=O) groups is 1. The summed E-state index contributed by atoms with van der Waals surface area (Å²) in [6.45, 7) is 2.39. The number of halogens is 1. The molecule has 15 heavy (non-hydrogen) atoms. The van der Waals surface area contributed by atoms with Gasteiger partial charge in [-0.05, 0) is 0 Å². The number of aromatic nitrogens is 1. The van der Waals surface area contributed by atoms with Crippen LogP contribution in [0.15, 0.2) is 6.20 Å². The Bertz CT molecular complexity index is 363. The lowest BCUT2D eigenvalue weighted by Gasteiger charge is -2.32. The van der Waals surface area contributed by atoms with Crippen LogP contribution >= 0.6 is 22.9 Å². The number of amides is 1. The third kappa shape index (κ3) is 2.32. The van der Waals surface area contributed by atoms with Crippen molar-refractivity contribution in [1.29, 1.82) is 0 Å². The quantitative estimate of drug-likeness (QED) is 0.819. The number of hydrogen-bond donors (Lipinski definition) is 1. The number of hydrogen-bond acceptors (Lipinski definition) is 4. The maximum absolute atomic E-state index is 10.7. The number of piperazine rings is 1. The predicted octanol–water partition coefficient (Wildman–Crippen LogP) is 1.60. The zero-order valence-electron chi connectivity index (χ0n) is 7.89. The molecule has 0 aliphatic carbocycles. The van der Waals surface area contributed by atoms with Crippen LogP contribution in [0.3, 0.4) is 0 Å². The van der Waals surface area contributed by atoms with Gasteiger partial charge in [-0.2, -0.15) is 0 Å². The molecule has 1 aliphatic heterocycles. The lowest BCUT2D eigenvalue weighted by molar-refractivity contribution is 0.142. The second kappa shape index (κ2) is 4.24. The molecular weight excluding hydrogens is 238 g/mol. The van der Waals surface area contributed by atoms with E-state index in [1.165, 1.54) is 16.2 Å². The average Bonchev–Trinajstić information content (AvgIpc) is 2.65. The van der Waals surface area contributed by atoms with Crippen molar-refractivity contribution in [2.75, 3.05) is 31.1 Å². The third-order valence-corrected chi connectivity index (χ3v) is 3.46. The van der Waals surface area contributed by atoms with Gasteiger partial charge in [-0.25, -0.2) is 9.78 Å². The van der Waals surface area contributed by atoms with Gasteiger partial charge in [-0.15, -0.1) is 0 Å². The summed E-state index contributed by atoms with van der Waals surface area (Å²) < 4.78 is 0.658. The molecule has 5 nitrogen and oxygen atoms in total. The third-order valence-electron chi connectivity index (χ3n) is 2.29. The molecule has 0 unspecified atom stereocenters. The first kappa shape index (κ1) is 10.5. The maximum Gasteiger partial charge on any atom is 0.407 e. The number of carboxylic acid groups (broad SMARTS) is 1. The minimum Gasteiger partial charge on any atom is -0.465 e. The summed E-state index contributed by atoms with van der Waals surface area (Å²) in [4.78, 5) is 18.3. The van der Waals surface area contributed by atoms with Crippen LogP contribution in [0.4, 0.5) is 9.93 Å². The van der Waals surface area contributed by atoms with Crippen LogP contribution in [0.2, 0.25) is 4.34 Å². The highest BCUT2D eigenvalue weighted by Crippen LogP contribution is 2.26. The van der Waals surface area contributed by atoms with Gasteiger partial charge in [0.2, 0.25) is 0 Å².